The molecule has 0 fully saturated rings. The first-order valence-corrected chi connectivity index (χ1v) is 0.908. The summed E-state index contributed by atoms with van der Waals surface area (Å²) in [5.41, 5.74) is 0. The van der Waals surface area contributed by atoms with E-state index in [9.17, 15) is 0 Å². The molecule has 0 heterocycles. The average Bonchev–Trinajstić information content (AvgIpc) is 0.811. The fraction of sp³-hybridized carbons (Fsp3) is 0.500. The number of carboxylic acids is 1. The summed E-state index contributed by atoms with van der Waals surface area (Å²) in [6.45, 7) is 0.972. The Labute approximate surface area is 272 Å². The second-order valence-corrected chi connectivity index (χ2v) is 0.492. The SMILES string of the molecule is CC(=O)[O-].O.O.[Ca+2].[Cl-].[Cl-].[Cl-].[Cl-].[Cl-].[Cl-].[K+].[Mg+2].[Na+].[Na+]. The fourth-order valence-electron chi connectivity index (χ4n) is 0. The summed E-state index contributed by atoms with van der Waals surface area (Å²) in [4.78, 5) is 8.89. The van der Waals surface area contributed by atoms with Gasteiger partial charge in [0.15, 0.2) is 0 Å². The summed E-state index contributed by atoms with van der Waals surface area (Å²) >= 11 is 0. The minimum atomic E-state index is -1.08. The first-order chi connectivity index (χ1) is 1.73. The van der Waals surface area contributed by atoms with Gasteiger partial charge in [0.05, 0.1) is 0 Å². The predicted molar refractivity (Wildman–Crippen MR) is 29.4 cm³/mol. The van der Waals surface area contributed by atoms with Crippen molar-refractivity contribution in [2.24, 2.45) is 0 Å². The summed E-state index contributed by atoms with van der Waals surface area (Å²) in [6, 6.07) is 0. The van der Waals surface area contributed by atoms with Crippen LogP contribution in [0.5, 0.6) is 0 Å². The summed E-state index contributed by atoms with van der Waals surface area (Å²) in [5, 5.41) is 8.89. The molecule has 15 heteroatoms. The van der Waals surface area contributed by atoms with Crippen LogP contribution in [0.1, 0.15) is 6.92 Å². The van der Waals surface area contributed by atoms with Gasteiger partial charge in [-0.1, -0.05) is 0 Å². The van der Waals surface area contributed by atoms with Crippen molar-refractivity contribution in [3.05, 3.63) is 0 Å². The maximum absolute atomic E-state index is 8.89. The number of carbonyl (C=O) groups excluding carboxylic acids is 1. The molecule has 0 atom stereocenters. The van der Waals surface area contributed by atoms with Gasteiger partial charge in [0.1, 0.15) is 0 Å². The van der Waals surface area contributed by atoms with Crippen LogP contribution < -0.4 is 190 Å². The minimum Gasteiger partial charge on any atom is -1.00 e. The number of carbonyl (C=O) groups is 1. The molecule has 0 radical (unpaired) electrons. The first kappa shape index (κ1) is 129. The molecule has 0 amide bonds. The van der Waals surface area contributed by atoms with Gasteiger partial charge >= 0.3 is 171 Å². The number of carboxylic acid groups (broad SMARTS) is 1. The Morgan fingerprint density at radius 1 is 0.824 bits per heavy atom. The molecule has 4 N–H and O–H groups in total. The van der Waals surface area contributed by atoms with E-state index in [0.717, 1.165) is 6.92 Å². The van der Waals surface area contributed by atoms with Crippen LogP contribution in [0.2, 0.25) is 0 Å². The van der Waals surface area contributed by atoms with Crippen molar-refractivity contribution < 1.29 is 206 Å². The second-order valence-electron chi connectivity index (χ2n) is 0.492. The van der Waals surface area contributed by atoms with E-state index in [-0.39, 0.29) is 257 Å². The van der Waals surface area contributed by atoms with E-state index >= 15 is 0 Å². The summed E-state index contributed by atoms with van der Waals surface area (Å²) in [6.07, 6.45) is 0. The molecule has 4 nitrogen and oxygen atoms in total. The van der Waals surface area contributed by atoms with E-state index in [0.29, 0.717) is 0 Å². The third-order valence-electron chi connectivity index (χ3n) is 0. The third-order valence-corrected chi connectivity index (χ3v) is 0. The number of hydrogen-bond donors (Lipinski definition) is 0. The minimum absolute atomic E-state index is 0. The fourth-order valence-corrected chi connectivity index (χ4v) is 0. The monoisotopic (exact) mass is 454 g/mol. The molecular formula is C2H7CaCl6KMgNa2O4. The van der Waals surface area contributed by atoms with Crippen LogP contribution >= 0.6 is 0 Å². The van der Waals surface area contributed by atoms with Gasteiger partial charge in [-0.05, 0) is 6.92 Å². The average molecular weight is 457 g/mol. The van der Waals surface area contributed by atoms with Crippen molar-refractivity contribution in [2.75, 3.05) is 0 Å². The van der Waals surface area contributed by atoms with Crippen molar-refractivity contribution in [1.29, 1.82) is 0 Å². The van der Waals surface area contributed by atoms with Crippen molar-refractivity contribution in [2.45, 2.75) is 6.92 Å². The van der Waals surface area contributed by atoms with Crippen LogP contribution in [0.4, 0.5) is 0 Å². The number of halogens is 6. The van der Waals surface area contributed by atoms with Crippen molar-refractivity contribution in [1.82, 2.24) is 0 Å². The van der Waals surface area contributed by atoms with Gasteiger partial charge in [0.2, 0.25) is 0 Å². The van der Waals surface area contributed by atoms with E-state index in [1.165, 1.54) is 0 Å². The molecule has 0 aliphatic carbocycles. The number of rotatable bonds is 0. The Balaban J connectivity index is -0.000000000577. The first-order valence-electron chi connectivity index (χ1n) is 0.908. The quantitative estimate of drug-likeness (QED) is 0.338. The van der Waals surface area contributed by atoms with Crippen LogP contribution in [0.15, 0.2) is 0 Å². The topological polar surface area (TPSA) is 103 Å². The zero-order valence-electron chi connectivity index (χ0n) is 10.00. The van der Waals surface area contributed by atoms with Crippen LogP contribution in [-0.4, -0.2) is 77.7 Å². The summed E-state index contributed by atoms with van der Waals surface area (Å²) in [7, 11) is 0. The number of aliphatic carboxylic acids is 1. The Kier molecular flexibility index (Phi) is 856. The van der Waals surface area contributed by atoms with Gasteiger partial charge in [0.25, 0.3) is 0 Å². The van der Waals surface area contributed by atoms with Crippen molar-refractivity contribution >= 4 is 66.8 Å². The molecule has 0 spiro atoms. The molecular weight excluding hydrogens is 450 g/mol. The van der Waals surface area contributed by atoms with E-state index in [4.69, 9.17) is 9.90 Å². The van der Waals surface area contributed by atoms with Gasteiger partial charge in [-0.2, -0.15) is 0 Å². The van der Waals surface area contributed by atoms with Crippen LogP contribution in [0.25, 0.3) is 0 Å². The van der Waals surface area contributed by atoms with E-state index in [1.807, 2.05) is 0 Å². The summed E-state index contributed by atoms with van der Waals surface area (Å²) < 4.78 is 0. The van der Waals surface area contributed by atoms with Gasteiger partial charge < -0.3 is 95.3 Å². The van der Waals surface area contributed by atoms with E-state index in [2.05, 4.69) is 0 Å². The zero-order valence-corrected chi connectivity index (χ0v) is 25.3. The molecule has 0 bridgehead atoms. The van der Waals surface area contributed by atoms with Gasteiger partial charge in [0, 0.05) is 5.97 Å². The second kappa shape index (κ2) is 113. The van der Waals surface area contributed by atoms with Crippen LogP contribution in [0.3, 0.4) is 0 Å². The van der Waals surface area contributed by atoms with E-state index < -0.39 is 5.97 Å². The maximum atomic E-state index is 8.89. The molecule has 88 valence electrons. The van der Waals surface area contributed by atoms with Crippen molar-refractivity contribution in [3.63, 3.8) is 0 Å². The largest absolute Gasteiger partial charge is 2.00 e. The Morgan fingerprint density at radius 3 is 0.824 bits per heavy atom. The smallest absolute Gasteiger partial charge is 1.00 e. The molecule has 0 unspecified atom stereocenters. The normalized spacial score (nSPS) is 1.47. The van der Waals surface area contributed by atoms with Gasteiger partial charge in [-0.15, -0.1) is 0 Å². The predicted octanol–water partition coefficient (Wildman–Crippen LogP) is -30.6. The molecule has 17 heavy (non-hydrogen) atoms. The molecule has 0 saturated carbocycles. The summed E-state index contributed by atoms with van der Waals surface area (Å²) in [5.74, 6) is -1.08. The maximum Gasteiger partial charge on any atom is 2.00 e. The molecule has 0 rings (SSSR count). The standard InChI is InChI=1S/C2H4O2.Ca.6ClH.K.Mg.2Na.2H2O/c1-2(3)4;;;;;;;;;;;;;/h1H3,(H,3,4);;6*1H;;;;;2*1H2/q;+2;;;;;;;+1;+2;2*+1;;/p-7. The Morgan fingerprint density at radius 2 is 0.824 bits per heavy atom. The van der Waals surface area contributed by atoms with E-state index in [1.54, 1.807) is 0 Å². The van der Waals surface area contributed by atoms with Crippen LogP contribution in [-0.2, 0) is 4.79 Å². The third kappa shape index (κ3) is 214. The molecule has 0 aliphatic heterocycles. The van der Waals surface area contributed by atoms with Crippen LogP contribution in [0, 0.1) is 0 Å². The zero-order chi connectivity index (χ0) is 3.58. The Hall–Kier alpha value is 6.79. The molecule has 0 aliphatic rings. The molecule has 0 saturated heterocycles. The molecule has 0 aromatic heterocycles. The molecule has 0 aromatic rings. The molecule has 0 aromatic carbocycles. The Bertz CT molecular complexity index is 65.0. The van der Waals surface area contributed by atoms with Gasteiger partial charge in [-0.3, -0.25) is 0 Å². The van der Waals surface area contributed by atoms with Crippen molar-refractivity contribution in [3.8, 4) is 0 Å². The number of hydrogen-bond acceptors (Lipinski definition) is 2. The van der Waals surface area contributed by atoms with Gasteiger partial charge in [-0.25, -0.2) is 0 Å².